The number of hydrogen-bond acceptors (Lipinski definition) is 3. The van der Waals surface area contributed by atoms with E-state index in [-0.39, 0.29) is 17.1 Å². The Kier molecular flexibility index (Phi) is 5.47. The summed E-state index contributed by atoms with van der Waals surface area (Å²) in [5.41, 5.74) is 1.08. The third kappa shape index (κ3) is 5.25. The quantitative estimate of drug-likeness (QED) is 0.664. The van der Waals surface area contributed by atoms with Crippen LogP contribution in [0.25, 0.3) is 0 Å². The van der Waals surface area contributed by atoms with Gasteiger partial charge < -0.3 is 10.6 Å². The molecule has 2 N–H and O–H groups in total. The Morgan fingerprint density at radius 3 is 2.60 bits per heavy atom. The number of carbonyl (C=O) groups is 2. The standard InChI is InChI=1S/C15H20N2O2S/c18-14(17-12-6-7-12)8-9-16-15(19)13(20)10-11-4-2-1-3-5-11/h1-5,12-13,20H,6-10H2,(H,16,19)(H,17,18). The number of nitrogens with one attached hydrogen (secondary N) is 2. The number of benzene rings is 1. The molecule has 108 valence electrons. The van der Waals surface area contributed by atoms with Gasteiger partial charge >= 0.3 is 0 Å². The molecule has 1 atom stereocenters. The average Bonchev–Trinajstić information content (AvgIpc) is 3.23. The van der Waals surface area contributed by atoms with Crippen LogP contribution in [0, 0.1) is 0 Å². The molecule has 0 bridgehead atoms. The molecule has 5 heteroatoms. The molecule has 2 rings (SSSR count). The minimum Gasteiger partial charge on any atom is -0.355 e. The highest BCUT2D eigenvalue weighted by Gasteiger charge is 2.23. The van der Waals surface area contributed by atoms with Crippen LogP contribution in [0.4, 0.5) is 0 Å². The second-order valence-corrected chi connectivity index (χ2v) is 5.71. The molecule has 1 saturated carbocycles. The summed E-state index contributed by atoms with van der Waals surface area (Å²) in [6.45, 7) is 0.364. The number of rotatable bonds is 7. The third-order valence-electron chi connectivity index (χ3n) is 3.17. The van der Waals surface area contributed by atoms with E-state index >= 15 is 0 Å². The number of thiol groups is 1. The van der Waals surface area contributed by atoms with Crippen molar-refractivity contribution >= 4 is 24.4 Å². The van der Waals surface area contributed by atoms with Gasteiger partial charge in [0.2, 0.25) is 11.8 Å². The largest absolute Gasteiger partial charge is 0.355 e. The van der Waals surface area contributed by atoms with Gasteiger partial charge in [-0.15, -0.1) is 0 Å². The zero-order chi connectivity index (χ0) is 14.4. The molecule has 0 spiro atoms. The van der Waals surface area contributed by atoms with E-state index in [1.165, 1.54) is 0 Å². The zero-order valence-corrected chi connectivity index (χ0v) is 12.2. The molecule has 2 amide bonds. The van der Waals surface area contributed by atoms with E-state index in [0.29, 0.717) is 25.4 Å². The molecule has 1 unspecified atom stereocenters. The van der Waals surface area contributed by atoms with Gasteiger partial charge in [0.15, 0.2) is 0 Å². The molecule has 4 nitrogen and oxygen atoms in total. The van der Waals surface area contributed by atoms with Crippen LogP contribution in [0.1, 0.15) is 24.8 Å². The summed E-state index contributed by atoms with van der Waals surface area (Å²) in [5, 5.41) is 5.25. The van der Waals surface area contributed by atoms with Crippen LogP contribution in [0.3, 0.4) is 0 Å². The van der Waals surface area contributed by atoms with Gasteiger partial charge in [-0.3, -0.25) is 9.59 Å². The molecule has 1 aliphatic rings. The summed E-state index contributed by atoms with van der Waals surface area (Å²) in [6, 6.07) is 10.1. The van der Waals surface area contributed by atoms with Crippen LogP contribution in [0.2, 0.25) is 0 Å². The highest BCUT2D eigenvalue weighted by molar-refractivity contribution is 7.81. The van der Waals surface area contributed by atoms with E-state index in [2.05, 4.69) is 23.3 Å². The van der Waals surface area contributed by atoms with Gasteiger partial charge in [0.25, 0.3) is 0 Å². The molecule has 0 heterocycles. The Balaban J connectivity index is 1.64. The van der Waals surface area contributed by atoms with Crippen molar-refractivity contribution in [2.45, 2.75) is 37.0 Å². The van der Waals surface area contributed by atoms with E-state index in [4.69, 9.17) is 0 Å². The first-order chi connectivity index (χ1) is 9.65. The lowest BCUT2D eigenvalue weighted by Gasteiger charge is -2.11. The van der Waals surface area contributed by atoms with Crippen molar-refractivity contribution in [1.29, 1.82) is 0 Å². The maximum Gasteiger partial charge on any atom is 0.233 e. The summed E-state index contributed by atoms with van der Waals surface area (Å²) >= 11 is 4.31. The normalized spacial score (nSPS) is 15.4. The van der Waals surface area contributed by atoms with Gasteiger partial charge in [-0.1, -0.05) is 30.3 Å². The first-order valence-electron chi connectivity index (χ1n) is 6.94. The molecule has 1 aromatic rings. The van der Waals surface area contributed by atoms with Crippen LogP contribution >= 0.6 is 12.6 Å². The summed E-state index contributed by atoms with van der Waals surface area (Å²) < 4.78 is 0. The van der Waals surface area contributed by atoms with Crippen molar-refractivity contribution in [3.63, 3.8) is 0 Å². The van der Waals surface area contributed by atoms with Gasteiger partial charge in [0, 0.05) is 19.0 Å². The van der Waals surface area contributed by atoms with Crippen LogP contribution in [0.5, 0.6) is 0 Å². The van der Waals surface area contributed by atoms with Crippen molar-refractivity contribution < 1.29 is 9.59 Å². The smallest absolute Gasteiger partial charge is 0.233 e. The lowest BCUT2D eigenvalue weighted by molar-refractivity contribution is -0.122. The molecule has 0 radical (unpaired) electrons. The molecular formula is C15H20N2O2S. The molecule has 0 aromatic heterocycles. The second kappa shape index (κ2) is 7.33. The Bertz CT molecular complexity index is 460. The Morgan fingerprint density at radius 2 is 1.95 bits per heavy atom. The van der Waals surface area contributed by atoms with E-state index in [1.54, 1.807) is 0 Å². The van der Waals surface area contributed by atoms with Crippen LogP contribution < -0.4 is 10.6 Å². The molecule has 0 saturated heterocycles. The molecule has 1 aromatic carbocycles. The SMILES string of the molecule is O=C(CCNC(=O)C(S)Cc1ccccc1)NC1CC1. The monoisotopic (exact) mass is 292 g/mol. The fourth-order valence-electron chi connectivity index (χ4n) is 1.87. The predicted octanol–water partition coefficient (Wildman–Crippen LogP) is 1.31. The Hall–Kier alpha value is -1.49. The zero-order valence-electron chi connectivity index (χ0n) is 11.3. The second-order valence-electron chi connectivity index (χ2n) is 5.09. The minimum atomic E-state index is -0.385. The summed E-state index contributed by atoms with van der Waals surface area (Å²) in [5.74, 6) is -0.122. The number of carbonyl (C=O) groups excluding carboxylic acids is 2. The molecular weight excluding hydrogens is 272 g/mol. The van der Waals surface area contributed by atoms with E-state index in [0.717, 1.165) is 18.4 Å². The summed E-state index contributed by atoms with van der Waals surface area (Å²) in [4.78, 5) is 23.3. The highest BCUT2D eigenvalue weighted by atomic mass is 32.1. The Morgan fingerprint density at radius 1 is 1.25 bits per heavy atom. The summed E-state index contributed by atoms with van der Waals surface area (Å²) in [7, 11) is 0. The summed E-state index contributed by atoms with van der Waals surface area (Å²) in [6.07, 6.45) is 3.07. The Labute approximate surface area is 124 Å². The third-order valence-corrected chi connectivity index (χ3v) is 3.59. The van der Waals surface area contributed by atoms with Gasteiger partial charge in [0.1, 0.15) is 0 Å². The van der Waals surface area contributed by atoms with Crippen molar-refractivity contribution in [1.82, 2.24) is 10.6 Å². The molecule has 1 fully saturated rings. The van der Waals surface area contributed by atoms with E-state index < -0.39 is 0 Å². The van der Waals surface area contributed by atoms with Gasteiger partial charge in [-0.2, -0.15) is 12.6 Å². The van der Waals surface area contributed by atoms with Gasteiger partial charge in [-0.05, 0) is 24.8 Å². The van der Waals surface area contributed by atoms with Crippen molar-refractivity contribution in [3.05, 3.63) is 35.9 Å². The van der Waals surface area contributed by atoms with Crippen LogP contribution in [-0.2, 0) is 16.0 Å². The van der Waals surface area contributed by atoms with Crippen LogP contribution in [0.15, 0.2) is 30.3 Å². The molecule has 0 aliphatic heterocycles. The number of amides is 2. The fourth-order valence-corrected chi connectivity index (χ4v) is 2.18. The van der Waals surface area contributed by atoms with Gasteiger partial charge in [-0.25, -0.2) is 0 Å². The van der Waals surface area contributed by atoms with Crippen LogP contribution in [-0.4, -0.2) is 29.7 Å². The van der Waals surface area contributed by atoms with E-state index in [9.17, 15) is 9.59 Å². The maximum absolute atomic E-state index is 11.8. The fraction of sp³-hybridized carbons (Fsp3) is 0.467. The first kappa shape index (κ1) is 14.9. The lowest BCUT2D eigenvalue weighted by Crippen LogP contribution is -2.36. The topological polar surface area (TPSA) is 58.2 Å². The first-order valence-corrected chi connectivity index (χ1v) is 7.46. The molecule has 20 heavy (non-hydrogen) atoms. The minimum absolute atomic E-state index is 0.00609. The molecule has 1 aliphatic carbocycles. The average molecular weight is 292 g/mol. The van der Waals surface area contributed by atoms with Crippen molar-refractivity contribution in [3.8, 4) is 0 Å². The number of hydrogen-bond donors (Lipinski definition) is 3. The van der Waals surface area contributed by atoms with Crippen molar-refractivity contribution in [2.24, 2.45) is 0 Å². The van der Waals surface area contributed by atoms with Crippen molar-refractivity contribution in [2.75, 3.05) is 6.54 Å². The van der Waals surface area contributed by atoms with E-state index in [1.807, 2.05) is 30.3 Å². The predicted molar refractivity (Wildman–Crippen MR) is 81.7 cm³/mol. The maximum atomic E-state index is 11.8. The lowest BCUT2D eigenvalue weighted by atomic mass is 10.1. The van der Waals surface area contributed by atoms with Gasteiger partial charge in [0.05, 0.1) is 5.25 Å². The highest BCUT2D eigenvalue weighted by Crippen LogP contribution is 2.18.